The van der Waals surface area contributed by atoms with Crippen LogP contribution in [-0.2, 0) is 0 Å². The Hall–Kier alpha value is -0.0800. The van der Waals surface area contributed by atoms with Gasteiger partial charge in [-0.25, -0.2) is 0 Å². The lowest BCUT2D eigenvalue weighted by Gasteiger charge is -2.38. The fraction of sp³-hybridized carbons (Fsp3) is 1.00. The molecule has 0 bridgehead atoms. The van der Waals surface area contributed by atoms with Gasteiger partial charge in [-0.2, -0.15) is 0 Å². The van der Waals surface area contributed by atoms with Gasteiger partial charge in [0.25, 0.3) is 0 Å². The van der Waals surface area contributed by atoms with Crippen molar-refractivity contribution in [3.63, 3.8) is 0 Å². The maximum atomic E-state index is 9.73. The molecule has 0 aromatic carbocycles. The minimum absolute atomic E-state index is 0.0604. The molecule has 2 aliphatic carbocycles. The Labute approximate surface area is 99.1 Å². The maximum absolute atomic E-state index is 9.73. The van der Waals surface area contributed by atoms with Gasteiger partial charge in [0.2, 0.25) is 0 Å². The van der Waals surface area contributed by atoms with Gasteiger partial charge in [0, 0.05) is 0 Å². The Morgan fingerprint density at radius 3 is 1.62 bits per heavy atom. The molecule has 2 rings (SSSR count). The molecule has 0 radical (unpaired) electrons. The molecule has 0 aliphatic heterocycles. The molecule has 2 nitrogen and oxygen atoms in total. The van der Waals surface area contributed by atoms with Crippen LogP contribution < -0.4 is 0 Å². The number of aliphatic hydroxyl groups is 2. The fourth-order valence-electron chi connectivity index (χ4n) is 3.74. The summed E-state index contributed by atoms with van der Waals surface area (Å²) in [5, 5.41) is 19.5. The minimum atomic E-state index is -0.0604. The molecule has 0 amide bonds. The summed E-state index contributed by atoms with van der Waals surface area (Å²) in [6, 6.07) is 0. The smallest absolute Gasteiger partial charge is 0.0543 e. The Balaban J connectivity index is 1.87. The van der Waals surface area contributed by atoms with Crippen LogP contribution in [-0.4, -0.2) is 22.4 Å². The van der Waals surface area contributed by atoms with Crippen molar-refractivity contribution in [3.05, 3.63) is 0 Å². The molecule has 2 N–H and O–H groups in total. The first-order valence-electron chi connectivity index (χ1n) is 7.03. The van der Waals surface area contributed by atoms with E-state index < -0.39 is 0 Å². The van der Waals surface area contributed by atoms with E-state index in [1.807, 2.05) is 0 Å². The first kappa shape index (κ1) is 12.4. The number of aliphatic hydroxyl groups excluding tert-OH is 2. The lowest BCUT2D eigenvalue weighted by atomic mass is 9.69. The van der Waals surface area contributed by atoms with Crippen LogP contribution in [0.3, 0.4) is 0 Å². The highest BCUT2D eigenvalue weighted by molar-refractivity contribution is 4.83. The zero-order valence-electron chi connectivity index (χ0n) is 10.4. The van der Waals surface area contributed by atoms with Crippen molar-refractivity contribution in [1.82, 2.24) is 0 Å². The highest BCUT2D eigenvalue weighted by Crippen LogP contribution is 2.39. The van der Waals surface area contributed by atoms with Crippen molar-refractivity contribution in [2.24, 2.45) is 17.8 Å². The van der Waals surface area contributed by atoms with E-state index in [9.17, 15) is 10.2 Å². The van der Waals surface area contributed by atoms with Crippen molar-refractivity contribution in [2.75, 3.05) is 0 Å². The Kier molecular flexibility index (Phi) is 4.26. The Bertz CT molecular complexity index is 195. The highest BCUT2D eigenvalue weighted by Gasteiger charge is 2.32. The summed E-state index contributed by atoms with van der Waals surface area (Å²) in [4.78, 5) is 0. The van der Waals surface area contributed by atoms with E-state index in [0.29, 0.717) is 17.8 Å². The Morgan fingerprint density at radius 1 is 0.812 bits per heavy atom. The average molecular weight is 226 g/mol. The first-order valence-corrected chi connectivity index (χ1v) is 7.03. The quantitative estimate of drug-likeness (QED) is 0.760. The van der Waals surface area contributed by atoms with Crippen molar-refractivity contribution in [3.8, 4) is 0 Å². The van der Waals surface area contributed by atoms with Crippen LogP contribution in [0.2, 0.25) is 0 Å². The summed E-state index contributed by atoms with van der Waals surface area (Å²) in [5.74, 6) is 2.07. The van der Waals surface area contributed by atoms with Crippen LogP contribution >= 0.6 is 0 Å². The normalized spacial score (nSPS) is 42.9. The van der Waals surface area contributed by atoms with Gasteiger partial charge in [-0.05, 0) is 56.3 Å². The molecule has 0 saturated heterocycles. The first-order chi connectivity index (χ1) is 7.66. The van der Waals surface area contributed by atoms with Crippen LogP contribution in [0, 0.1) is 17.8 Å². The largest absolute Gasteiger partial charge is 0.393 e. The molecular formula is C14H26O2. The van der Waals surface area contributed by atoms with Gasteiger partial charge in [-0.1, -0.05) is 19.8 Å². The summed E-state index contributed by atoms with van der Waals surface area (Å²) < 4.78 is 0. The van der Waals surface area contributed by atoms with Crippen LogP contribution in [0.15, 0.2) is 0 Å². The third kappa shape index (κ3) is 2.98. The standard InChI is InChI=1S/C14H26O2/c1-10(11-4-2-6-13(15)8-11)12-5-3-7-14(16)9-12/h10-16H,2-9H2,1H3. The predicted octanol–water partition coefficient (Wildman–Crippen LogP) is 2.72. The monoisotopic (exact) mass is 226 g/mol. The van der Waals surface area contributed by atoms with E-state index in [0.717, 1.165) is 25.7 Å². The van der Waals surface area contributed by atoms with Crippen molar-refractivity contribution < 1.29 is 10.2 Å². The van der Waals surface area contributed by atoms with E-state index >= 15 is 0 Å². The number of rotatable bonds is 2. The lowest BCUT2D eigenvalue weighted by molar-refractivity contribution is 0.0355. The zero-order valence-corrected chi connectivity index (χ0v) is 10.4. The van der Waals surface area contributed by atoms with Crippen molar-refractivity contribution in [2.45, 2.75) is 70.5 Å². The van der Waals surface area contributed by atoms with E-state index in [1.54, 1.807) is 0 Å². The van der Waals surface area contributed by atoms with Gasteiger partial charge in [-0.3, -0.25) is 0 Å². The molecule has 94 valence electrons. The van der Waals surface area contributed by atoms with Gasteiger partial charge in [-0.15, -0.1) is 0 Å². The topological polar surface area (TPSA) is 40.5 Å². The zero-order chi connectivity index (χ0) is 11.5. The molecule has 4 unspecified atom stereocenters. The van der Waals surface area contributed by atoms with Gasteiger partial charge in [0.05, 0.1) is 12.2 Å². The van der Waals surface area contributed by atoms with Crippen LogP contribution in [0.1, 0.15) is 58.3 Å². The van der Waals surface area contributed by atoms with Crippen molar-refractivity contribution in [1.29, 1.82) is 0 Å². The van der Waals surface area contributed by atoms with Gasteiger partial charge >= 0.3 is 0 Å². The molecule has 0 heterocycles. The molecule has 0 aromatic rings. The summed E-state index contributed by atoms with van der Waals surface area (Å²) >= 11 is 0. The van der Waals surface area contributed by atoms with Crippen LogP contribution in [0.5, 0.6) is 0 Å². The third-order valence-electron chi connectivity index (χ3n) is 4.86. The average Bonchev–Trinajstić information content (AvgIpc) is 2.28. The summed E-state index contributed by atoms with van der Waals surface area (Å²) in [5.41, 5.74) is 0. The molecule has 4 atom stereocenters. The highest BCUT2D eigenvalue weighted by atomic mass is 16.3. The van der Waals surface area contributed by atoms with E-state index in [4.69, 9.17) is 0 Å². The molecule has 16 heavy (non-hydrogen) atoms. The number of hydrogen-bond donors (Lipinski definition) is 2. The van der Waals surface area contributed by atoms with E-state index in [1.165, 1.54) is 25.7 Å². The van der Waals surface area contributed by atoms with E-state index in [2.05, 4.69) is 6.92 Å². The second-order valence-corrected chi connectivity index (χ2v) is 6.02. The molecule has 2 heteroatoms. The molecule has 0 aromatic heterocycles. The third-order valence-corrected chi connectivity index (χ3v) is 4.86. The molecule has 2 aliphatic rings. The van der Waals surface area contributed by atoms with E-state index in [-0.39, 0.29) is 12.2 Å². The van der Waals surface area contributed by atoms with Gasteiger partial charge < -0.3 is 10.2 Å². The van der Waals surface area contributed by atoms with Crippen LogP contribution in [0.25, 0.3) is 0 Å². The maximum Gasteiger partial charge on any atom is 0.0543 e. The number of hydrogen-bond acceptors (Lipinski definition) is 2. The molecule has 2 saturated carbocycles. The second kappa shape index (κ2) is 5.50. The van der Waals surface area contributed by atoms with Crippen LogP contribution in [0.4, 0.5) is 0 Å². The Morgan fingerprint density at radius 2 is 1.25 bits per heavy atom. The van der Waals surface area contributed by atoms with Crippen molar-refractivity contribution >= 4 is 0 Å². The summed E-state index contributed by atoms with van der Waals surface area (Å²) in [7, 11) is 0. The second-order valence-electron chi connectivity index (χ2n) is 6.02. The summed E-state index contributed by atoms with van der Waals surface area (Å²) in [6.07, 6.45) is 8.80. The SMILES string of the molecule is CC(C1CCCC(O)C1)C1CCCC(O)C1. The van der Waals surface area contributed by atoms with Gasteiger partial charge in [0.15, 0.2) is 0 Å². The fourth-order valence-corrected chi connectivity index (χ4v) is 3.74. The lowest BCUT2D eigenvalue weighted by Crippen LogP contribution is -2.32. The molecular weight excluding hydrogens is 200 g/mol. The summed E-state index contributed by atoms with van der Waals surface area (Å²) in [6.45, 7) is 2.34. The van der Waals surface area contributed by atoms with Gasteiger partial charge in [0.1, 0.15) is 0 Å². The molecule has 0 spiro atoms. The molecule has 2 fully saturated rings. The minimum Gasteiger partial charge on any atom is -0.393 e. The predicted molar refractivity (Wildman–Crippen MR) is 65.1 cm³/mol.